The highest BCUT2D eigenvalue weighted by Gasteiger charge is 2.18. The molecule has 150 valence electrons. The molecule has 29 heavy (non-hydrogen) atoms. The predicted octanol–water partition coefficient (Wildman–Crippen LogP) is 5.19. The number of aromatic nitrogens is 4. The lowest BCUT2D eigenvalue weighted by Crippen LogP contribution is -1.99. The Bertz CT molecular complexity index is 1280. The number of benzene rings is 2. The number of aromatic amines is 1. The third-order valence-corrected chi connectivity index (χ3v) is 5.65. The lowest BCUT2D eigenvalue weighted by molar-refractivity contribution is 0.447. The lowest BCUT2D eigenvalue weighted by atomic mass is 10.0. The summed E-state index contributed by atoms with van der Waals surface area (Å²) in [7, 11) is 2.05. The number of phenolic OH excluding ortho intramolecular Hbond substituents is 2. The van der Waals surface area contributed by atoms with Crippen LogP contribution in [0.5, 0.6) is 11.5 Å². The van der Waals surface area contributed by atoms with Crippen molar-refractivity contribution in [3.8, 4) is 28.6 Å². The third-order valence-electron chi connectivity index (χ3n) is 5.38. The molecular formula is C22H24N4O2S. The van der Waals surface area contributed by atoms with Gasteiger partial charge in [0.1, 0.15) is 11.5 Å². The van der Waals surface area contributed by atoms with Crippen molar-refractivity contribution in [2.24, 2.45) is 7.05 Å². The van der Waals surface area contributed by atoms with Gasteiger partial charge in [0.25, 0.3) is 0 Å². The second kappa shape index (κ2) is 7.08. The first-order valence-electron chi connectivity index (χ1n) is 9.63. The first-order chi connectivity index (χ1) is 13.8. The fourth-order valence-corrected chi connectivity index (χ4v) is 4.05. The van der Waals surface area contributed by atoms with Crippen LogP contribution in [0.1, 0.15) is 37.8 Å². The average Bonchev–Trinajstić information content (AvgIpc) is 3.22. The van der Waals surface area contributed by atoms with Crippen molar-refractivity contribution >= 4 is 23.1 Å². The molecule has 0 aliphatic carbocycles. The van der Waals surface area contributed by atoms with E-state index >= 15 is 0 Å². The molecule has 2 aromatic heterocycles. The molecule has 0 spiro atoms. The summed E-state index contributed by atoms with van der Waals surface area (Å²) in [5.41, 5.74) is 4.53. The van der Waals surface area contributed by atoms with E-state index in [2.05, 4.69) is 46.9 Å². The van der Waals surface area contributed by atoms with Crippen LogP contribution in [0.25, 0.3) is 28.0 Å². The summed E-state index contributed by atoms with van der Waals surface area (Å²) in [6.45, 7) is 6.30. The zero-order valence-electron chi connectivity index (χ0n) is 16.9. The van der Waals surface area contributed by atoms with E-state index in [-0.39, 0.29) is 11.5 Å². The topological polar surface area (TPSA) is 79.0 Å². The number of aryl methyl sites for hydroxylation is 2. The molecule has 0 fully saturated rings. The van der Waals surface area contributed by atoms with Crippen LogP contribution < -0.4 is 0 Å². The molecule has 0 atom stereocenters. The number of nitrogens with one attached hydrogen (secondary N) is 1. The van der Waals surface area contributed by atoms with E-state index in [1.165, 1.54) is 17.0 Å². The summed E-state index contributed by atoms with van der Waals surface area (Å²) in [5, 5.41) is 28.9. The fourth-order valence-electron chi connectivity index (χ4n) is 3.81. The van der Waals surface area contributed by atoms with Gasteiger partial charge in [-0.25, -0.2) is 0 Å². The molecule has 2 heterocycles. The highest BCUT2D eigenvalue weighted by Crippen LogP contribution is 2.36. The average molecular weight is 409 g/mol. The minimum atomic E-state index is -0.0430. The molecular weight excluding hydrogens is 384 g/mol. The van der Waals surface area contributed by atoms with Crippen molar-refractivity contribution in [2.75, 3.05) is 0 Å². The Morgan fingerprint density at radius 2 is 1.90 bits per heavy atom. The third kappa shape index (κ3) is 3.11. The van der Waals surface area contributed by atoms with E-state index in [9.17, 15) is 10.2 Å². The summed E-state index contributed by atoms with van der Waals surface area (Å²) in [6, 6.07) is 9.29. The maximum absolute atomic E-state index is 10.5. The Balaban J connectivity index is 1.96. The second-order valence-corrected chi connectivity index (χ2v) is 7.98. The van der Waals surface area contributed by atoms with Gasteiger partial charge in [0.05, 0.1) is 11.3 Å². The van der Waals surface area contributed by atoms with Gasteiger partial charge in [0, 0.05) is 30.2 Å². The van der Waals surface area contributed by atoms with Gasteiger partial charge in [-0.2, -0.15) is 5.10 Å². The maximum Gasteiger partial charge on any atom is 0.200 e. The van der Waals surface area contributed by atoms with Crippen molar-refractivity contribution in [2.45, 2.75) is 33.1 Å². The molecule has 0 aliphatic heterocycles. The van der Waals surface area contributed by atoms with Crippen molar-refractivity contribution in [3.05, 3.63) is 52.4 Å². The van der Waals surface area contributed by atoms with Crippen LogP contribution >= 0.6 is 12.2 Å². The van der Waals surface area contributed by atoms with Gasteiger partial charge in [-0.3, -0.25) is 9.67 Å². The van der Waals surface area contributed by atoms with E-state index in [1.807, 2.05) is 24.6 Å². The lowest BCUT2D eigenvalue weighted by Gasteiger charge is -2.12. The number of nitrogens with zero attached hydrogens (tertiary/aromatic N) is 3. The Hall–Kier alpha value is -3.06. The van der Waals surface area contributed by atoms with Gasteiger partial charge >= 0.3 is 0 Å². The molecule has 4 rings (SSSR count). The molecule has 0 amide bonds. The van der Waals surface area contributed by atoms with Crippen LogP contribution in [-0.4, -0.2) is 29.5 Å². The number of aromatic hydroxyl groups is 2. The quantitative estimate of drug-likeness (QED) is 0.406. The van der Waals surface area contributed by atoms with Crippen LogP contribution in [0, 0.1) is 4.77 Å². The predicted molar refractivity (Wildman–Crippen MR) is 117 cm³/mol. The Kier molecular flexibility index (Phi) is 4.70. The molecule has 2 aromatic carbocycles. The Morgan fingerprint density at radius 3 is 2.59 bits per heavy atom. The molecule has 0 aliphatic rings. The van der Waals surface area contributed by atoms with Gasteiger partial charge in [-0.15, -0.1) is 0 Å². The molecule has 4 aromatic rings. The smallest absolute Gasteiger partial charge is 0.200 e. The zero-order chi connectivity index (χ0) is 20.9. The molecule has 0 unspecified atom stereocenters. The van der Waals surface area contributed by atoms with Crippen LogP contribution in [0.2, 0.25) is 0 Å². The minimum absolute atomic E-state index is 0.0430. The monoisotopic (exact) mass is 408 g/mol. The standard InChI is InChI=1S/C22H24N4O2S/c1-5-13-8-16(20(28)10-19(13)27)21-23-24-22(29)26(21)14-6-7-18-15(9-14)17(12(2)3)11-25(18)4/h6-12,27-28H,5H2,1-4H3,(H,24,29). The van der Waals surface area contributed by atoms with Crippen LogP contribution in [-0.2, 0) is 13.5 Å². The Morgan fingerprint density at radius 1 is 1.14 bits per heavy atom. The highest BCUT2D eigenvalue weighted by molar-refractivity contribution is 7.71. The fraction of sp³-hybridized carbons (Fsp3) is 0.273. The number of hydrogen-bond donors (Lipinski definition) is 3. The van der Waals surface area contributed by atoms with Crippen molar-refractivity contribution in [3.63, 3.8) is 0 Å². The summed E-state index contributed by atoms with van der Waals surface area (Å²) < 4.78 is 4.38. The molecule has 0 saturated carbocycles. The number of phenols is 2. The second-order valence-electron chi connectivity index (χ2n) is 7.59. The first-order valence-corrected chi connectivity index (χ1v) is 10.0. The van der Waals surface area contributed by atoms with Crippen LogP contribution in [0.4, 0.5) is 0 Å². The van der Waals surface area contributed by atoms with Crippen molar-refractivity contribution in [1.82, 2.24) is 19.3 Å². The number of hydrogen-bond acceptors (Lipinski definition) is 4. The summed E-state index contributed by atoms with van der Waals surface area (Å²) in [4.78, 5) is 0. The zero-order valence-corrected chi connectivity index (χ0v) is 17.7. The van der Waals surface area contributed by atoms with Gasteiger partial charge in [0.15, 0.2) is 10.6 Å². The van der Waals surface area contributed by atoms with Gasteiger partial charge in [-0.1, -0.05) is 20.8 Å². The molecule has 7 heteroatoms. The summed E-state index contributed by atoms with van der Waals surface area (Å²) in [5.74, 6) is 0.919. The van der Waals surface area contributed by atoms with Crippen LogP contribution in [0.15, 0.2) is 36.5 Å². The number of fused-ring (bicyclic) bond motifs is 1. The molecule has 0 bridgehead atoms. The normalized spacial score (nSPS) is 11.6. The van der Waals surface area contributed by atoms with Gasteiger partial charge in [0.2, 0.25) is 0 Å². The molecule has 6 nitrogen and oxygen atoms in total. The number of rotatable bonds is 4. The molecule has 0 saturated heterocycles. The van der Waals surface area contributed by atoms with E-state index in [1.54, 1.807) is 6.07 Å². The Labute approximate surface area is 174 Å². The SMILES string of the molecule is CCc1cc(-c2n[nH]c(=S)n2-c2ccc3c(c2)c(C(C)C)cn3C)c(O)cc1O. The summed E-state index contributed by atoms with van der Waals surface area (Å²) >= 11 is 5.51. The highest BCUT2D eigenvalue weighted by atomic mass is 32.1. The van der Waals surface area contributed by atoms with Gasteiger partial charge < -0.3 is 14.8 Å². The van der Waals surface area contributed by atoms with Crippen LogP contribution in [0.3, 0.4) is 0 Å². The van der Waals surface area contributed by atoms with Crippen molar-refractivity contribution in [1.29, 1.82) is 0 Å². The van der Waals surface area contributed by atoms with E-state index < -0.39 is 0 Å². The molecule has 0 radical (unpaired) electrons. The van der Waals surface area contributed by atoms with E-state index in [0.717, 1.165) is 16.8 Å². The number of H-pyrrole nitrogens is 1. The van der Waals surface area contributed by atoms with E-state index in [4.69, 9.17) is 12.2 Å². The maximum atomic E-state index is 10.5. The first kappa shape index (κ1) is 19.3. The van der Waals surface area contributed by atoms with Gasteiger partial charge in [-0.05, 0) is 59.9 Å². The summed E-state index contributed by atoms with van der Waals surface area (Å²) in [6.07, 6.45) is 2.80. The largest absolute Gasteiger partial charge is 0.508 e. The minimum Gasteiger partial charge on any atom is -0.508 e. The van der Waals surface area contributed by atoms with Crippen molar-refractivity contribution < 1.29 is 10.2 Å². The molecule has 3 N–H and O–H groups in total. The van der Waals surface area contributed by atoms with E-state index in [0.29, 0.717) is 28.5 Å².